The Hall–Kier alpha value is -2.25. The molecule has 1 atom stereocenters. The molecule has 0 bridgehead atoms. The average Bonchev–Trinajstić information content (AvgIpc) is 3.30. The molecule has 5 nitrogen and oxygen atoms in total. The van der Waals surface area contributed by atoms with Crippen LogP contribution in [0.4, 0.5) is 4.39 Å². The van der Waals surface area contributed by atoms with Crippen molar-refractivity contribution in [2.24, 2.45) is 0 Å². The highest BCUT2D eigenvalue weighted by Crippen LogP contribution is 2.28. The molecule has 0 unspecified atom stereocenters. The number of esters is 1. The summed E-state index contributed by atoms with van der Waals surface area (Å²) in [6, 6.07) is 9.43. The van der Waals surface area contributed by atoms with Gasteiger partial charge in [0.1, 0.15) is 10.7 Å². The first-order chi connectivity index (χ1) is 12.1. The first kappa shape index (κ1) is 17.6. The number of carbonyl (C=O) groups excluding carboxylic acids is 2. The molecule has 3 rings (SSSR count). The van der Waals surface area contributed by atoms with Crippen LogP contribution in [-0.2, 0) is 14.3 Å². The summed E-state index contributed by atoms with van der Waals surface area (Å²) in [5.74, 6) is -1.21. The molecule has 1 aliphatic heterocycles. The minimum Gasteiger partial charge on any atom is -0.451 e. The monoisotopic (exact) mass is 363 g/mol. The summed E-state index contributed by atoms with van der Waals surface area (Å²) < 4.78 is 23.4. The number of thiophene rings is 1. The average molecular weight is 363 g/mol. The molecule has 1 aromatic carbocycles. The quantitative estimate of drug-likeness (QED) is 0.802. The van der Waals surface area contributed by atoms with E-state index in [2.05, 4.69) is 5.32 Å². The lowest BCUT2D eigenvalue weighted by atomic mass is 10.2. The van der Waals surface area contributed by atoms with Crippen molar-refractivity contribution in [1.29, 1.82) is 0 Å². The van der Waals surface area contributed by atoms with E-state index in [-0.39, 0.29) is 24.4 Å². The first-order valence-corrected chi connectivity index (χ1v) is 8.84. The molecular weight excluding hydrogens is 345 g/mol. The summed E-state index contributed by atoms with van der Waals surface area (Å²) in [5, 5.41) is 2.69. The largest absolute Gasteiger partial charge is 0.451 e. The van der Waals surface area contributed by atoms with Gasteiger partial charge in [-0.25, -0.2) is 9.18 Å². The number of ether oxygens (including phenoxy) is 2. The smallest absolute Gasteiger partial charge is 0.348 e. The van der Waals surface area contributed by atoms with Crippen LogP contribution in [0.5, 0.6) is 0 Å². The molecule has 1 N–H and O–H groups in total. The molecule has 7 heteroatoms. The predicted octanol–water partition coefficient (Wildman–Crippen LogP) is 3.01. The Kier molecular flexibility index (Phi) is 5.78. The van der Waals surface area contributed by atoms with E-state index in [0.717, 1.165) is 29.9 Å². The lowest BCUT2D eigenvalue weighted by Gasteiger charge is -2.10. The van der Waals surface area contributed by atoms with Gasteiger partial charge in [-0.15, -0.1) is 11.3 Å². The lowest BCUT2D eigenvalue weighted by Crippen LogP contribution is -2.34. The third kappa shape index (κ3) is 4.87. The summed E-state index contributed by atoms with van der Waals surface area (Å²) in [4.78, 5) is 25.0. The Morgan fingerprint density at radius 1 is 1.24 bits per heavy atom. The molecule has 0 saturated carbocycles. The van der Waals surface area contributed by atoms with Gasteiger partial charge in [0, 0.05) is 18.0 Å². The van der Waals surface area contributed by atoms with Crippen molar-refractivity contribution in [3.8, 4) is 10.4 Å². The Bertz CT molecular complexity index is 738. The van der Waals surface area contributed by atoms with Crippen molar-refractivity contribution in [1.82, 2.24) is 5.32 Å². The van der Waals surface area contributed by atoms with Crippen LogP contribution in [0.1, 0.15) is 22.5 Å². The number of nitrogens with one attached hydrogen (secondary N) is 1. The Labute approximate surface area is 148 Å². The fourth-order valence-corrected chi connectivity index (χ4v) is 3.41. The number of halogens is 1. The highest BCUT2D eigenvalue weighted by atomic mass is 32.1. The SMILES string of the molecule is O=C(COC(=O)c1ccc(-c2ccc(F)cc2)s1)NC[C@@H]1CCCO1. The Morgan fingerprint density at radius 2 is 2.04 bits per heavy atom. The lowest BCUT2D eigenvalue weighted by molar-refractivity contribution is -0.124. The molecular formula is C18H18FNO4S. The molecule has 0 radical (unpaired) electrons. The molecule has 2 aromatic rings. The van der Waals surface area contributed by atoms with Crippen molar-refractivity contribution in [3.63, 3.8) is 0 Å². The summed E-state index contributed by atoms with van der Waals surface area (Å²) in [5.41, 5.74) is 0.819. The van der Waals surface area contributed by atoms with Crippen LogP contribution in [0.15, 0.2) is 36.4 Å². The third-order valence-electron chi connectivity index (χ3n) is 3.82. The number of amides is 1. The van der Waals surface area contributed by atoms with Gasteiger partial charge in [0.2, 0.25) is 0 Å². The van der Waals surface area contributed by atoms with Crippen LogP contribution < -0.4 is 5.32 Å². The highest BCUT2D eigenvalue weighted by Gasteiger charge is 2.17. The molecule has 1 saturated heterocycles. The van der Waals surface area contributed by atoms with Gasteiger partial charge < -0.3 is 14.8 Å². The van der Waals surface area contributed by atoms with Gasteiger partial charge in [-0.2, -0.15) is 0 Å². The maximum atomic E-state index is 13.0. The van der Waals surface area contributed by atoms with Crippen molar-refractivity contribution in [3.05, 3.63) is 47.1 Å². The molecule has 1 amide bonds. The minimum atomic E-state index is -0.550. The second-order valence-corrected chi connectivity index (χ2v) is 6.77. The van der Waals surface area contributed by atoms with E-state index in [1.165, 1.54) is 23.5 Å². The Morgan fingerprint density at radius 3 is 2.76 bits per heavy atom. The second kappa shape index (κ2) is 8.22. The van der Waals surface area contributed by atoms with E-state index < -0.39 is 5.97 Å². The summed E-state index contributed by atoms with van der Waals surface area (Å²) in [7, 11) is 0. The topological polar surface area (TPSA) is 64.6 Å². The molecule has 1 aromatic heterocycles. The van der Waals surface area contributed by atoms with E-state index in [1.807, 2.05) is 0 Å². The standard InChI is InChI=1S/C18H18FNO4S/c19-13-5-3-12(4-6-13)15-7-8-16(25-15)18(22)24-11-17(21)20-10-14-2-1-9-23-14/h3-8,14H,1-2,9-11H2,(H,20,21)/t14-/m0/s1. The van der Waals surface area contributed by atoms with E-state index in [4.69, 9.17) is 9.47 Å². The summed E-state index contributed by atoms with van der Waals surface area (Å²) >= 11 is 1.24. The maximum Gasteiger partial charge on any atom is 0.348 e. The van der Waals surface area contributed by atoms with Crippen molar-refractivity contribution >= 4 is 23.2 Å². The number of hydrogen-bond acceptors (Lipinski definition) is 5. The summed E-state index contributed by atoms with van der Waals surface area (Å²) in [6.07, 6.45) is 1.99. The van der Waals surface area contributed by atoms with E-state index in [9.17, 15) is 14.0 Å². The third-order valence-corrected chi connectivity index (χ3v) is 4.94. The van der Waals surface area contributed by atoms with Crippen LogP contribution in [0.3, 0.4) is 0 Å². The highest BCUT2D eigenvalue weighted by molar-refractivity contribution is 7.17. The van der Waals surface area contributed by atoms with Gasteiger partial charge >= 0.3 is 5.97 Å². The number of hydrogen-bond donors (Lipinski definition) is 1. The van der Waals surface area contributed by atoms with Gasteiger partial charge in [0.15, 0.2) is 6.61 Å². The zero-order valence-corrected chi connectivity index (χ0v) is 14.3. The predicted molar refractivity (Wildman–Crippen MR) is 92.0 cm³/mol. The number of benzene rings is 1. The van der Waals surface area contributed by atoms with Crippen LogP contribution in [0, 0.1) is 5.82 Å². The van der Waals surface area contributed by atoms with Crippen molar-refractivity contribution in [2.75, 3.05) is 19.8 Å². The van der Waals surface area contributed by atoms with Gasteiger partial charge in [0.05, 0.1) is 6.10 Å². The van der Waals surface area contributed by atoms with E-state index in [0.29, 0.717) is 11.4 Å². The molecule has 1 aliphatic rings. The van der Waals surface area contributed by atoms with Crippen LogP contribution in [0.25, 0.3) is 10.4 Å². The van der Waals surface area contributed by atoms with Crippen LogP contribution in [-0.4, -0.2) is 37.7 Å². The number of carbonyl (C=O) groups is 2. The molecule has 0 aliphatic carbocycles. The molecule has 25 heavy (non-hydrogen) atoms. The fraction of sp³-hybridized carbons (Fsp3) is 0.333. The van der Waals surface area contributed by atoms with Gasteiger partial charge in [-0.1, -0.05) is 12.1 Å². The normalized spacial score (nSPS) is 16.6. The van der Waals surface area contributed by atoms with Gasteiger partial charge in [-0.3, -0.25) is 4.79 Å². The zero-order chi connectivity index (χ0) is 17.6. The maximum absolute atomic E-state index is 13.0. The first-order valence-electron chi connectivity index (χ1n) is 8.03. The zero-order valence-electron chi connectivity index (χ0n) is 13.5. The molecule has 2 heterocycles. The van der Waals surface area contributed by atoms with Crippen LogP contribution in [0.2, 0.25) is 0 Å². The molecule has 1 fully saturated rings. The van der Waals surface area contributed by atoms with Crippen molar-refractivity contribution < 1.29 is 23.5 Å². The van der Waals surface area contributed by atoms with Crippen LogP contribution >= 0.6 is 11.3 Å². The van der Waals surface area contributed by atoms with E-state index in [1.54, 1.807) is 24.3 Å². The van der Waals surface area contributed by atoms with Gasteiger partial charge in [0.25, 0.3) is 5.91 Å². The Balaban J connectivity index is 1.48. The molecule has 0 spiro atoms. The van der Waals surface area contributed by atoms with Gasteiger partial charge in [-0.05, 0) is 42.7 Å². The van der Waals surface area contributed by atoms with E-state index >= 15 is 0 Å². The number of rotatable bonds is 6. The van der Waals surface area contributed by atoms with Crippen molar-refractivity contribution in [2.45, 2.75) is 18.9 Å². The second-order valence-electron chi connectivity index (χ2n) is 5.69. The summed E-state index contributed by atoms with van der Waals surface area (Å²) in [6.45, 7) is 0.837. The molecule has 132 valence electrons. The minimum absolute atomic E-state index is 0.0511. The fourth-order valence-electron chi connectivity index (χ4n) is 2.50.